The number of nitrogens with zero attached hydrogens (tertiary/aromatic N) is 2. The van der Waals surface area contributed by atoms with Crippen LogP contribution in [0, 0.1) is 40.9 Å². The smallest absolute Gasteiger partial charge is 0.334 e. The van der Waals surface area contributed by atoms with Gasteiger partial charge in [0.05, 0.1) is 0 Å². The van der Waals surface area contributed by atoms with Gasteiger partial charge in [-0.05, 0) is 74.0 Å². The van der Waals surface area contributed by atoms with Gasteiger partial charge >= 0.3 is 11.9 Å². The quantitative estimate of drug-likeness (QED) is 0.381. The van der Waals surface area contributed by atoms with Gasteiger partial charge in [0.1, 0.15) is 30.8 Å². The molecule has 8 nitrogen and oxygen atoms in total. The van der Waals surface area contributed by atoms with Crippen LogP contribution in [0.15, 0.2) is 9.98 Å². The molecule has 3 aliphatic carbocycles. The topological polar surface area (TPSA) is 95.8 Å². The van der Waals surface area contributed by atoms with Crippen molar-refractivity contribution in [1.82, 2.24) is 0 Å². The van der Waals surface area contributed by atoms with E-state index in [4.69, 9.17) is 18.9 Å². The maximum atomic E-state index is 13.1. The first kappa shape index (κ1) is 28.4. The van der Waals surface area contributed by atoms with Crippen LogP contribution in [0.4, 0.5) is 0 Å². The predicted octanol–water partition coefficient (Wildman–Crippen LogP) is 5.37. The molecular formula is C31H48N2O6. The molecule has 0 unspecified atom stereocenters. The van der Waals surface area contributed by atoms with Crippen LogP contribution in [0.3, 0.4) is 0 Å². The molecule has 0 radical (unpaired) electrons. The van der Waals surface area contributed by atoms with Gasteiger partial charge in [0.15, 0.2) is 23.9 Å². The maximum Gasteiger partial charge on any atom is 0.334 e. The maximum absolute atomic E-state index is 13.1. The number of carbonyl (C=O) groups excluding carboxylic acids is 2. The highest BCUT2D eigenvalue weighted by atomic mass is 16.6. The molecule has 0 spiro atoms. The third kappa shape index (κ3) is 6.00. The summed E-state index contributed by atoms with van der Waals surface area (Å²) in [7, 11) is 0. The number of aliphatic imine (C=N–C) groups is 2. The van der Waals surface area contributed by atoms with Gasteiger partial charge in [0, 0.05) is 0 Å². The van der Waals surface area contributed by atoms with Crippen LogP contribution >= 0.6 is 0 Å². The van der Waals surface area contributed by atoms with Gasteiger partial charge in [-0.1, -0.05) is 54.4 Å². The Balaban J connectivity index is 1.21. The molecule has 5 aliphatic rings. The molecule has 0 saturated heterocycles. The second kappa shape index (κ2) is 11.4. The lowest BCUT2D eigenvalue weighted by atomic mass is 9.75. The number of hydrogen-bond donors (Lipinski definition) is 0. The van der Waals surface area contributed by atoms with Crippen LogP contribution in [-0.4, -0.2) is 61.2 Å². The number of hydrogen-bond acceptors (Lipinski definition) is 8. The highest BCUT2D eigenvalue weighted by molar-refractivity contribution is 6.10. The number of carbonyl (C=O) groups is 2. The second-order valence-corrected chi connectivity index (χ2v) is 13.7. The van der Waals surface area contributed by atoms with E-state index in [-0.39, 0.29) is 37.4 Å². The average Bonchev–Trinajstić information content (AvgIpc) is 3.28. The fourth-order valence-electron chi connectivity index (χ4n) is 7.11. The molecule has 0 amide bonds. The minimum Gasteiger partial charge on any atom is -0.477 e. The van der Waals surface area contributed by atoms with Gasteiger partial charge in [-0.3, -0.25) is 0 Å². The summed E-state index contributed by atoms with van der Waals surface area (Å²) in [4.78, 5) is 35.5. The minimum absolute atomic E-state index is 0.0628. The molecule has 0 aromatic rings. The van der Waals surface area contributed by atoms with Crippen LogP contribution in [0.25, 0.3) is 0 Å². The van der Waals surface area contributed by atoms with Crippen molar-refractivity contribution < 1.29 is 28.5 Å². The molecule has 0 aromatic carbocycles. The van der Waals surface area contributed by atoms with Crippen molar-refractivity contribution in [3.8, 4) is 0 Å². The van der Waals surface area contributed by atoms with E-state index in [0.29, 0.717) is 47.3 Å². The summed E-state index contributed by atoms with van der Waals surface area (Å²) in [5.41, 5.74) is -0.566. The van der Waals surface area contributed by atoms with Gasteiger partial charge < -0.3 is 18.9 Å². The van der Waals surface area contributed by atoms with Crippen molar-refractivity contribution in [2.75, 3.05) is 13.2 Å². The molecule has 0 bridgehead atoms. The predicted molar refractivity (Wildman–Crippen MR) is 148 cm³/mol. The Morgan fingerprint density at radius 2 is 1.15 bits per heavy atom. The van der Waals surface area contributed by atoms with E-state index < -0.39 is 17.5 Å². The van der Waals surface area contributed by atoms with Crippen molar-refractivity contribution in [2.45, 2.75) is 117 Å². The molecule has 3 saturated carbocycles. The summed E-state index contributed by atoms with van der Waals surface area (Å²) >= 11 is 0. The Kier molecular flexibility index (Phi) is 8.30. The number of rotatable bonds is 8. The number of ether oxygens (including phenoxy) is 4. The third-order valence-corrected chi connectivity index (χ3v) is 9.87. The second-order valence-electron chi connectivity index (χ2n) is 13.7. The van der Waals surface area contributed by atoms with E-state index in [1.54, 1.807) is 0 Å². The Morgan fingerprint density at radius 3 is 1.51 bits per heavy atom. The van der Waals surface area contributed by atoms with Crippen LogP contribution in [0.1, 0.15) is 92.9 Å². The molecule has 8 atom stereocenters. The molecule has 0 N–H and O–H groups in total. The van der Waals surface area contributed by atoms with Crippen molar-refractivity contribution >= 4 is 23.7 Å². The standard InChI is InChI=1S/C31H48N2O6/c1-17(2)21-9-7-19(5)13-25(21)38-27(34)23-15-36-29(32-23)31(11-12-31)30-33-24(16-37-30)28(35)39-26-14-20(6)8-10-22(26)18(3)4/h17-26H,7-16H2,1-6H3/t19-,20-,21+,22+,23+,24+,25-,26-/m1/s1. The molecular weight excluding hydrogens is 496 g/mol. The molecule has 2 aliphatic heterocycles. The lowest BCUT2D eigenvalue weighted by Crippen LogP contribution is -2.38. The fourth-order valence-corrected chi connectivity index (χ4v) is 7.11. The van der Waals surface area contributed by atoms with Gasteiger partial charge in [-0.2, -0.15) is 0 Å². The van der Waals surface area contributed by atoms with E-state index in [1.807, 2.05) is 0 Å². The van der Waals surface area contributed by atoms with Gasteiger partial charge in [0.2, 0.25) is 0 Å². The summed E-state index contributed by atoms with van der Waals surface area (Å²) in [6.45, 7) is 13.6. The zero-order chi connectivity index (χ0) is 27.9. The Hall–Kier alpha value is -2.12. The van der Waals surface area contributed by atoms with Gasteiger partial charge in [-0.25, -0.2) is 19.6 Å². The molecule has 8 heteroatoms. The molecule has 3 fully saturated rings. The summed E-state index contributed by atoms with van der Waals surface area (Å²) in [6.07, 6.45) is 7.79. The van der Waals surface area contributed by atoms with E-state index in [9.17, 15) is 9.59 Å². The van der Waals surface area contributed by atoms with Crippen LogP contribution < -0.4 is 0 Å². The molecule has 218 valence electrons. The Bertz CT molecular complexity index is 912. The van der Waals surface area contributed by atoms with E-state index in [0.717, 1.165) is 38.5 Å². The van der Waals surface area contributed by atoms with Gasteiger partial charge in [0.25, 0.3) is 0 Å². The molecule has 39 heavy (non-hydrogen) atoms. The summed E-state index contributed by atoms with van der Waals surface area (Å²) < 4.78 is 24.0. The largest absolute Gasteiger partial charge is 0.477 e. The normalized spacial score (nSPS) is 37.5. The number of esters is 2. The zero-order valence-electron chi connectivity index (χ0n) is 24.7. The zero-order valence-corrected chi connectivity index (χ0v) is 24.7. The Labute approximate surface area is 233 Å². The summed E-state index contributed by atoms with van der Waals surface area (Å²) in [6, 6.07) is -1.32. The van der Waals surface area contributed by atoms with Crippen molar-refractivity contribution in [3.05, 3.63) is 0 Å². The SMILES string of the molecule is CC(C)[C@@H]1CC[C@@H](C)C[C@H]1OC(=O)[C@@H]1COC(C2(C3=N[C@H](C(=O)O[C@@H]4C[C@H](C)CC[C@H]4C(C)C)CO3)CC2)=N1. The molecule has 5 rings (SSSR count). The van der Waals surface area contributed by atoms with Crippen molar-refractivity contribution in [1.29, 1.82) is 0 Å². The fraction of sp³-hybridized carbons (Fsp3) is 0.871. The lowest BCUT2D eigenvalue weighted by Gasteiger charge is -2.36. The van der Waals surface area contributed by atoms with Gasteiger partial charge in [-0.15, -0.1) is 0 Å². The van der Waals surface area contributed by atoms with E-state index in [2.05, 4.69) is 51.5 Å². The first-order chi connectivity index (χ1) is 18.6. The van der Waals surface area contributed by atoms with Crippen LogP contribution in [0.5, 0.6) is 0 Å². The monoisotopic (exact) mass is 544 g/mol. The van der Waals surface area contributed by atoms with E-state index >= 15 is 0 Å². The highest BCUT2D eigenvalue weighted by Crippen LogP contribution is 2.51. The first-order valence-electron chi connectivity index (χ1n) is 15.4. The van der Waals surface area contributed by atoms with Crippen LogP contribution in [0.2, 0.25) is 0 Å². The van der Waals surface area contributed by atoms with Crippen molar-refractivity contribution in [3.63, 3.8) is 0 Å². The van der Waals surface area contributed by atoms with Crippen molar-refractivity contribution in [2.24, 2.45) is 50.9 Å². The van der Waals surface area contributed by atoms with Crippen LogP contribution in [-0.2, 0) is 28.5 Å². The summed E-state index contributed by atoms with van der Waals surface area (Å²) in [5.74, 6) is 3.21. The average molecular weight is 545 g/mol. The Morgan fingerprint density at radius 1 is 0.744 bits per heavy atom. The lowest BCUT2D eigenvalue weighted by molar-refractivity contribution is -0.158. The first-order valence-corrected chi connectivity index (χ1v) is 15.4. The molecule has 2 heterocycles. The van der Waals surface area contributed by atoms with E-state index in [1.165, 1.54) is 12.8 Å². The minimum atomic E-state index is -0.661. The highest BCUT2D eigenvalue weighted by Gasteiger charge is 2.59. The summed E-state index contributed by atoms with van der Waals surface area (Å²) in [5, 5.41) is 0. The third-order valence-electron chi connectivity index (χ3n) is 9.87. The molecule has 0 aromatic heterocycles.